The second-order valence-corrected chi connectivity index (χ2v) is 27.6. The van der Waals surface area contributed by atoms with Crippen LogP contribution in [0.25, 0.3) is 0 Å². The van der Waals surface area contributed by atoms with E-state index < -0.39 is 224 Å². The third-order valence-corrected chi connectivity index (χ3v) is 22.4. The second kappa shape index (κ2) is 24.6. The molecule has 27 heteroatoms. The largest absolute Gasteiger partial charge is 0.479 e. The van der Waals surface area contributed by atoms with Gasteiger partial charge in [0.15, 0.2) is 31.3 Å². The molecule has 0 unspecified atom stereocenters. The Kier molecular flexibility index (Phi) is 19.3. The quantitative estimate of drug-likeness (QED) is 0.0357. The predicted molar refractivity (Wildman–Crippen MR) is 290 cm³/mol. The van der Waals surface area contributed by atoms with E-state index >= 15 is 0 Å². The van der Waals surface area contributed by atoms with Crippen molar-refractivity contribution in [2.75, 3.05) is 26.4 Å². The lowest BCUT2D eigenvalue weighted by Gasteiger charge is -2.73. The van der Waals surface area contributed by atoms with Gasteiger partial charge in [-0.1, -0.05) is 66.2 Å². The van der Waals surface area contributed by atoms with Gasteiger partial charge in [-0.2, -0.15) is 0 Å². The number of carbonyl (C=O) groups is 3. The maximum Gasteiger partial charge on any atom is 0.335 e. The van der Waals surface area contributed by atoms with E-state index in [1.165, 1.54) is 6.92 Å². The number of ether oxygens (including phenoxy) is 10. The van der Waals surface area contributed by atoms with Gasteiger partial charge < -0.3 is 119 Å². The molecule has 9 rings (SSSR count). The van der Waals surface area contributed by atoms with Crippen molar-refractivity contribution >= 4 is 17.9 Å². The first-order valence-electron chi connectivity index (χ1n) is 29.9. The lowest BCUT2D eigenvalue weighted by molar-refractivity contribution is -0.401. The molecule has 5 aliphatic carbocycles. The smallest absolute Gasteiger partial charge is 0.335 e. The molecule has 490 valence electrons. The summed E-state index contributed by atoms with van der Waals surface area (Å²) in [6.45, 7) is 15.6. The fourth-order valence-corrected chi connectivity index (χ4v) is 17.2. The summed E-state index contributed by atoms with van der Waals surface area (Å²) < 4.78 is 61.0. The normalized spacial score (nSPS) is 50.8. The number of carboxylic acid groups (broad SMARTS) is 1. The number of aliphatic hydroxyl groups is 13. The van der Waals surface area contributed by atoms with E-state index in [1.54, 1.807) is 19.9 Å². The van der Waals surface area contributed by atoms with Gasteiger partial charge in [0.25, 0.3) is 0 Å². The molecule has 4 aliphatic heterocycles. The molecule has 30 atom stereocenters. The minimum Gasteiger partial charge on any atom is -0.479 e. The van der Waals surface area contributed by atoms with Gasteiger partial charge in [-0.05, 0) is 86.4 Å². The number of rotatable bonds is 15. The molecule has 86 heavy (non-hydrogen) atoms. The lowest BCUT2D eigenvalue weighted by Crippen LogP contribution is -2.76. The minimum absolute atomic E-state index is 0.197. The highest BCUT2D eigenvalue weighted by molar-refractivity contribution is 5.87. The Morgan fingerprint density at radius 3 is 1.83 bits per heavy atom. The van der Waals surface area contributed by atoms with E-state index in [1.807, 2.05) is 34.6 Å². The van der Waals surface area contributed by atoms with Crippen molar-refractivity contribution in [1.29, 1.82) is 0 Å². The lowest BCUT2D eigenvalue weighted by atomic mass is 9.32. The van der Waals surface area contributed by atoms with Crippen LogP contribution < -0.4 is 0 Å². The molecule has 0 radical (unpaired) electrons. The first-order valence-corrected chi connectivity index (χ1v) is 29.9. The van der Waals surface area contributed by atoms with Gasteiger partial charge in [0.1, 0.15) is 98.2 Å². The van der Waals surface area contributed by atoms with Gasteiger partial charge in [-0.3, -0.25) is 4.79 Å². The first kappa shape index (κ1) is 67.4. The minimum atomic E-state index is -2.18. The first-order chi connectivity index (χ1) is 40.1. The Morgan fingerprint density at radius 1 is 0.651 bits per heavy atom. The van der Waals surface area contributed by atoms with Gasteiger partial charge >= 0.3 is 17.9 Å². The van der Waals surface area contributed by atoms with E-state index in [9.17, 15) is 85.9 Å². The fourth-order valence-electron chi connectivity index (χ4n) is 17.2. The molecule has 0 bridgehead atoms. The van der Waals surface area contributed by atoms with Crippen molar-refractivity contribution in [2.45, 2.75) is 249 Å². The molecule has 0 aromatic heterocycles. The van der Waals surface area contributed by atoms with Gasteiger partial charge in [-0.25, -0.2) is 9.59 Å². The Labute approximate surface area is 498 Å². The zero-order valence-electron chi connectivity index (χ0n) is 50.3. The Hall–Kier alpha value is -2.95. The van der Waals surface area contributed by atoms with Crippen LogP contribution in [0.1, 0.15) is 108 Å². The van der Waals surface area contributed by atoms with Crippen molar-refractivity contribution in [2.24, 2.45) is 50.2 Å². The summed E-state index contributed by atoms with van der Waals surface area (Å²) in [5.74, 6) is -4.15. The Morgan fingerprint density at radius 2 is 1.23 bits per heavy atom. The molecule has 0 aromatic carbocycles. The van der Waals surface area contributed by atoms with Gasteiger partial charge in [0, 0.05) is 23.3 Å². The molecule has 9 aliphatic rings. The summed E-state index contributed by atoms with van der Waals surface area (Å²) in [6.07, 6.45) is -34.8. The van der Waals surface area contributed by atoms with Crippen LogP contribution in [0.5, 0.6) is 0 Å². The SMILES string of the molecule is C/C=C(/C)C(=O)O[C@H]1[C@H](O)[C@]2(COC(C)=O)[C@H](O)[C@H](O)[C@]3(C)C(=CC[C@@H]4[C@@]5(C)CC[C@H](O[C@@H]6O[C@H](C(=O)O)[C@@H](O[C@@H]7O[C@@H](CO)[C@H](O)[C@H]7O)[C@H](O[C@@H]7OC[C@H](O)[C@H](O)[C@H]7O)[C@H]6O[C@@H]6O[C@H](CO)[C@@H](O)[C@H](O)[C@H]6O)C(C)(C)[C@@H]5CC[C@]43C)[C@@H]2CC1(C)C. The fraction of sp³-hybridized carbons (Fsp3) is 0.881. The molecule has 14 N–H and O–H groups in total. The van der Waals surface area contributed by atoms with Crippen LogP contribution >= 0.6 is 0 Å². The molecule has 4 heterocycles. The van der Waals surface area contributed by atoms with Crippen molar-refractivity contribution in [3.05, 3.63) is 23.3 Å². The molecule has 4 saturated heterocycles. The van der Waals surface area contributed by atoms with Crippen LogP contribution in [0.2, 0.25) is 0 Å². The summed E-state index contributed by atoms with van der Waals surface area (Å²) >= 11 is 0. The van der Waals surface area contributed by atoms with Gasteiger partial charge in [0.05, 0.1) is 43.5 Å². The predicted octanol–water partition coefficient (Wildman–Crippen LogP) is -2.22. The molecule has 0 spiro atoms. The maximum absolute atomic E-state index is 13.6. The van der Waals surface area contributed by atoms with Crippen LogP contribution in [0.4, 0.5) is 0 Å². The molecule has 27 nitrogen and oxygen atoms in total. The third kappa shape index (κ3) is 10.8. The summed E-state index contributed by atoms with van der Waals surface area (Å²) in [4.78, 5) is 39.6. The van der Waals surface area contributed by atoms with Gasteiger partial charge in [-0.15, -0.1) is 0 Å². The summed E-state index contributed by atoms with van der Waals surface area (Å²) in [7, 11) is 0. The second-order valence-electron chi connectivity index (χ2n) is 27.6. The van der Waals surface area contributed by atoms with Crippen molar-refractivity contribution in [3.8, 4) is 0 Å². The van der Waals surface area contributed by atoms with Gasteiger partial charge in [0.2, 0.25) is 0 Å². The van der Waals surface area contributed by atoms with Crippen LogP contribution in [-0.2, 0) is 61.8 Å². The Bertz CT molecular complexity index is 2530. The average molecular weight is 1230 g/mol. The molecule has 0 aromatic rings. The number of carboxylic acids is 1. The highest BCUT2D eigenvalue weighted by atomic mass is 16.8. The van der Waals surface area contributed by atoms with E-state index in [2.05, 4.69) is 19.9 Å². The van der Waals surface area contributed by atoms with E-state index in [-0.39, 0.29) is 24.7 Å². The number of aliphatic hydroxyl groups excluding tert-OH is 13. The van der Waals surface area contributed by atoms with Crippen molar-refractivity contribution in [3.63, 3.8) is 0 Å². The topological polar surface area (TPSA) is 427 Å². The molecule has 8 fully saturated rings. The van der Waals surface area contributed by atoms with Crippen molar-refractivity contribution < 1.29 is 133 Å². The summed E-state index contributed by atoms with van der Waals surface area (Å²) in [6, 6.07) is 0. The maximum atomic E-state index is 13.6. The molecule has 4 saturated carbocycles. The van der Waals surface area contributed by atoms with Crippen LogP contribution in [0.3, 0.4) is 0 Å². The standard InChI is InChI=1S/C59H92O27/c1-11-23(2)49(76)86-47-46(73)59(22-78-24(3)62)26(18-54(47,4)5)25-12-13-31-56(8)16-15-32(55(6,7)30(56)14-17-57(31,9)58(25,10)44(71)45(59)72)81-53-43(85-52-39(70)36(67)34(65)28(19-60)79-52)41(82-50-37(68)33(64)27(63)21-77-50)40(42(84-53)48(74)75)83-51-38(69)35(66)29(20-61)80-51/h11-12,26-47,50-53,60-61,63-73H,13-22H2,1-10H3,(H,74,75)/b23-11-/t26-,27-,28+,29-,30-,31+,32-,33-,34+,35-,36-,37+,38+,39+,40-,41-,42-,43+,44-,45+,46-,47-,50-,51-,52-,53+,56-,57+,58-,59-/m0/s1. The zero-order chi connectivity index (χ0) is 63.5. The van der Waals surface area contributed by atoms with Crippen LogP contribution in [-0.4, -0.2) is 257 Å². The van der Waals surface area contributed by atoms with E-state index in [4.69, 9.17) is 47.4 Å². The van der Waals surface area contributed by atoms with Crippen LogP contribution in [0, 0.1) is 50.2 Å². The highest BCUT2D eigenvalue weighted by Gasteiger charge is 2.76. The van der Waals surface area contributed by atoms with Crippen molar-refractivity contribution in [1.82, 2.24) is 0 Å². The monoisotopic (exact) mass is 1230 g/mol. The highest BCUT2D eigenvalue weighted by Crippen LogP contribution is 2.76. The zero-order valence-corrected chi connectivity index (χ0v) is 50.3. The summed E-state index contributed by atoms with van der Waals surface area (Å²) in [5, 5.41) is 157. The Balaban J connectivity index is 1.07. The number of hydrogen-bond donors (Lipinski definition) is 14. The molecular weight excluding hydrogens is 1140 g/mol. The number of hydrogen-bond acceptors (Lipinski definition) is 26. The number of carbonyl (C=O) groups excluding carboxylic acids is 2. The number of aliphatic carboxylic acids is 1. The number of esters is 2. The third-order valence-electron chi connectivity index (χ3n) is 22.4. The number of allylic oxidation sites excluding steroid dienone is 2. The summed E-state index contributed by atoms with van der Waals surface area (Å²) in [5.41, 5.74) is -4.88. The molecule has 0 amide bonds. The number of fused-ring (bicyclic) bond motifs is 7. The van der Waals surface area contributed by atoms with Crippen LogP contribution in [0.15, 0.2) is 23.3 Å². The molecular formula is C59H92O27. The van der Waals surface area contributed by atoms with E-state index in [0.29, 0.717) is 31.3 Å². The average Bonchev–Trinajstić information content (AvgIpc) is 0.722. The van der Waals surface area contributed by atoms with E-state index in [0.717, 1.165) is 5.57 Å².